The van der Waals surface area contributed by atoms with Crippen LogP contribution in [0.2, 0.25) is 0 Å². The van der Waals surface area contributed by atoms with Gasteiger partial charge in [0, 0.05) is 5.92 Å². The molecule has 0 aromatic heterocycles. The molecule has 0 aliphatic rings. The normalized spacial score (nSPS) is 12.0. The maximum Gasteiger partial charge on any atom is 0.0575 e. The highest BCUT2D eigenvalue weighted by atomic mass is 14.9. The summed E-state index contributed by atoms with van der Waals surface area (Å²) in [5, 5.41) is 0. The molecule has 0 saturated carbocycles. The zero-order valence-electron chi connectivity index (χ0n) is 5.04. The van der Waals surface area contributed by atoms with Gasteiger partial charge in [-0.2, -0.15) is 0 Å². The van der Waals surface area contributed by atoms with Crippen molar-refractivity contribution in [1.82, 2.24) is 0 Å². The molecule has 0 atom stereocenters. The van der Waals surface area contributed by atoms with Crippen molar-refractivity contribution in [2.24, 2.45) is 28.9 Å². The molecule has 0 rings (SSSR count). The van der Waals surface area contributed by atoms with Crippen LogP contribution in [0.15, 0.2) is 0 Å². The molecule has 0 fully saturated rings. The lowest BCUT2D eigenvalue weighted by molar-refractivity contribution is 0.391. The summed E-state index contributed by atoms with van der Waals surface area (Å²) in [6.45, 7) is 1.81. The van der Waals surface area contributed by atoms with Crippen molar-refractivity contribution < 1.29 is 0 Å². The van der Waals surface area contributed by atoms with Gasteiger partial charge in [-0.15, -0.1) is 0 Å². The van der Waals surface area contributed by atoms with Gasteiger partial charge in [0.25, 0.3) is 0 Å². The van der Waals surface area contributed by atoms with E-state index in [0.29, 0.717) is 0 Å². The van der Waals surface area contributed by atoms with Crippen LogP contribution in [0.3, 0.4) is 0 Å². The zero-order chi connectivity index (χ0) is 6.73. The maximum absolute atomic E-state index is 5.25. The average molecular weight is 118 g/mol. The molecule has 0 aliphatic heterocycles. The lowest BCUT2D eigenvalue weighted by atomic mass is 10.1. The molecule has 8 heavy (non-hydrogen) atoms. The molecule has 0 unspecified atom stereocenters. The zero-order valence-corrected chi connectivity index (χ0v) is 5.04. The second-order valence-corrected chi connectivity index (χ2v) is 2.01. The van der Waals surface area contributed by atoms with Crippen molar-refractivity contribution in [3.8, 4) is 0 Å². The molecular formula is C4H14N4. The Morgan fingerprint density at radius 1 is 0.875 bits per heavy atom. The van der Waals surface area contributed by atoms with Gasteiger partial charge in [-0.25, -0.2) is 0 Å². The van der Waals surface area contributed by atoms with Crippen molar-refractivity contribution in [3.05, 3.63) is 0 Å². The molecule has 0 aromatic rings. The first-order chi connectivity index (χ1) is 3.55. The van der Waals surface area contributed by atoms with E-state index in [1.807, 2.05) is 6.92 Å². The van der Waals surface area contributed by atoms with E-state index in [-0.39, 0.29) is 5.92 Å². The molecule has 0 aromatic carbocycles. The van der Waals surface area contributed by atoms with E-state index >= 15 is 0 Å². The standard InChI is InChI=1S/C4H14N4/c1-2(3(5)6)4(7)8/h2-4H,5-8H2,1H3. The molecule has 0 bridgehead atoms. The molecule has 0 heterocycles. The molecule has 0 saturated heterocycles. The molecule has 50 valence electrons. The highest BCUT2D eigenvalue weighted by molar-refractivity contribution is 4.68. The Kier molecular flexibility index (Phi) is 2.93. The fourth-order valence-electron chi connectivity index (χ4n) is 0.257. The first-order valence-corrected chi connectivity index (χ1v) is 2.58. The Morgan fingerprint density at radius 3 is 1.12 bits per heavy atom. The topological polar surface area (TPSA) is 104 Å². The molecule has 0 aliphatic carbocycles. The van der Waals surface area contributed by atoms with Crippen LogP contribution in [0.5, 0.6) is 0 Å². The van der Waals surface area contributed by atoms with Crippen LogP contribution in [-0.4, -0.2) is 12.3 Å². The Bertz CT molecular complexity index is 53.1. The molecule has 0 spiro atoms. The van der Waals surface area contributed by atoms with E-state index in [9.17, 15) is 0 Å². The molecule has 8 N–H and O–H groups in total. The van der Waals surface area contributed by atoms with Crippen LogP contribution in [-0.2, 0) is 0 Å². The largest absolute Gasteiger partial charge is 0.316 e. The number of nitrogens with two attached hydrogens (primary N) is 4. The Morgan fingerprint density at radius 2 is 1.12 bits per heavy atom. The van der Waals surface area contributed by atoms with Crippen molar-refractivity contribution in [2.45, 2.75) is 19.3 Å². The predicted molar refractivity (Wildman–Crippen MR) is 33.5 cm³/mol. The van der Waals surface area contributed by atoms with Crippen LogP contribution in [0.1, 0.15) is 6.92 Å². The van der Waals surface area contributed by atoms with E-state index in [4.69, 9.17) is 22.9 Å². The monoisotopic (exact) mass is 118 g/mol. The van der Waals surface area contributed by atoms with Crippen molar-refractivity contribution in [3.63, 3.8) is 0 Å². The second-order valence-electron chi connectivity index (χ2n) is 2.01. The summed E-state index contributed by atoms with van der Waals surface area (Å²) in [4.78, 5) is 0. The van der Waals surface area contributed by atoms with Gasteiger partial charge >= 0.3 is 0 Å². The van der Waals surface area contributed by atoms with E-state index < -0.39 is 12.3 Å². The highest BCUT2D eigenvalue weighted by Gasteiger charge is 2.11. The summed E-state index contributed by atoms with van der Waals surface area (Å²) in [7, 11) is 0. The first-order valence-electron chi connectivity index (χ1n) is 2.58. The number of hydrogen-bond donors (Lipinski definition) is 4. The fourth-order valence-corrected chi connectivity index (χ4v) is 0.257. The van der Waals surface area contributed by atoms with Crippen LogP contribution in [0.25, 0.3) is 0 Å². The predicted octanol–water partition coefficient (Wildman–Crippen LogP) is -1.89. The van der Waals surface area contributed by atoms with E-state index in [2.05, 4.69) is 0 Å². The Labute approximate surface area is 49.2 Å². The summed E-state index contributed by atoms with van der Waals surface area (Å²) >= 11 is 0. The third-order valence-electron chi connectivity index (χ3n) is 1.21. The quantitative estimate of drug-likeness (QED) is 0.318. The van der Waals surface area contributed by atoms with Crippen molar-refractivity contribution >= 4 is 0 Å². The number of rotatable bonds is 2. The average Bonchev–Trinajstić information content (AvgIpc) is 1.64. The Balaban J connectivity index is 3.46. The van der Waals surface area contributed by atoms with Crippen molar-refractivity contribution in [1.29, 1.82) is 0 Å². The molecule has 0 amide bonds. The summed E-state index contributed by atoms with van der Waals surface area (Å²) in [5.41, 5.74) is 21.0. The summed E-state index contributed by atoms with van der Waals surface area (Å²) in [6, 6.07) is 0. The summed E-state index contributed by atoms with van der Waals surface area (Å²) in [5.74, 6) is -0.0185. The van der Waals surface area contributed by atoms with Gasteiger partial charge < -0.3 is 22.9 Å². The van der Waals surface area contributed by atoms with Gasteiger partial charge in [0.1, 0.15) is 0 Å². The maximum atomic E-state index is 5.25. The molecule has 0 radical (unpaired) electrons. The van der Waals surface area contributed by atoms with Crippen LogP contribution >= 0.6 is 0 Å². The first kappa shape index (κ1) is 7.84. The fraction of sp³-hybridized carbons (Fsp3) is 1.00. The lowest BCUT2D eigenvalue weighted by Gasteiger charge is -2.18. The third kappa shape index (κ3) is 2.23. The van der Waals surface area contributed by atoms with Crippen LogP contribution in [0, 0.1) is 5.92 Å². The second kappa shape index (κ2) is 2.99. The SMILES string of the molecule is CC(C(N)N)C(N)N. The van der Waals surface area contributed by atoms with Gasteiger partial charge in [0.2, 0.25) is 0 Å². The minimum atomic E-state index is -0.407. The van der Waals surface area contributed by atoms with Crippen LogP contribution in [0.4, 0.5) is 0 Å². The summed E-state index contributed by atoms with van der Waals surface area (Å²) in [6.07, 6.45) is -0.815. The smallest absolute Gasteiger partial charge is 0.0575 e. The third-order valence-corrected chi connectivity index (χ3v) is 1.21. The minimum absolute atomic E-state index is 0.0185. The van der Waals surface area contributed by atoms with Crippen LogP contribution < -0.4 is 22.9 Å². The van der Waals surface area contributed by atoms with E-state index in [0.717, 1.165) is 0 Å². The van der Waals surface area contributed by atoms with Crippen molar-refractivity contribution in [2.75, 3.05) is 0 Å². The van der Waals surface area contributed by atoms with E-state index in [1.165, 1.54) is 0 Å². The molecule has 4 heteroatoms. The molecule has 4 nitrogen and oxygen atoms in total. The van der Waals surface area contributed by atoms with Gasteiger partial charge in [-0.1, -0.05) is 6.92 Å². The minimum Gasteiger partial charge on any atom is -0.316 e. The van der Waals surface area contributed by atoms with E-state index in [1.54, 1.807) is 0 Å². The van der Waals surface area contributed by atoms with Gasteiger partial charge in [-0.3, -0.25) is 0 Å². The highest BCUT2D eigenvalue weighted by Crippen LogP contribution is 1.93. The Hall–Kier alpha value is -0.160. The summed E-state index contributed by atoms with van der Waals surface area (Å²) < 4.78 is 0. The molecular weight excluding hydrogens is 104 g/mol. The lowest BCUT2D eigenvalue weighted by Crippen LogP contribution is -2.50. The van der Waals surface area contributed by atoms with Gasteiger partial charge in [0.15, 0.2) is 0 Å². The van der Waals surface area contributed by atoms with Gasteiger partial charge in [0.05, 0.1) is 12.3 Å². The van der Waals surface area contributed by atoms with Gasteiger partial charge in [-0.05, 0) is 0 Å². The number of hydrogen-bond acceptors (Lipinski definition) is 4.